The topological polar surface area (TPSA) is 66.7 Å². The number of para-hydroxylation sites is 1. The summed E-state index contributed by atoms with van der Waals surface area (Å²) in [4.78, 5) is 31.1. The van der Waals surface area contributed by atoms with Crippen LogP contribution in [0.5, 0.6) is 0 Å². The largest absolute Gasteiger partial charge is 0.337 e. The van der Waals surface area contributed by atoms with Crippen LogP contribution < -0.4 is 5.32 Å². The monoisotopic (exact) mass is 372 g/mol. The van der Waals surface area contributed by atoms with Crippen LogP contribution in [-0.4, -0.2) is 39.2 Å². The van der Waals surface area contributed by atoms with Gasteiger partial charge in [0.25, 0.3) is 11.8 Å². The molecule has 0 saturated heterocycles. The number of imidazole rings is 1. The molecular formula is C19H18F2N4O2. The molecule has 6 nitrogen and oxygen atoms in total. The van der Waals surface area contributed by atoms with E-state index in [2.05, 4.69) is 10.3 Å². The first-order valence-corrected chi connectivity index (χ1v) is 8.49. The Bertz CT molecular complexity index is 992. The van der Waals surface area contributed by atoms with Gasteiger partial charge in [-0.1, -0.05) is 12.1 Å². The number of anilines is 1. The second-order valence-corrected chi connectivity index (χ2v) is 5.77. The number of carbonyl (C=O) groups is 2. The molecule has 3 rings (SSSR count). The van der Waals surface area contributed by atoms with E-state index in [4.69, 9.17) is 0 Å². The van der Waals surface area contributed by atoms with Crippen LogP contribution in [0.2, 0.25) is 0 Å². The van der Waals surface area contributed by atoms with E-state index in [1.165, 1.54) is 10.5 Å². The summed E-state index contributed by atoms with van der Waals surface area (Å²) < 4.78 is 29.2. The number of hydrogen-bond donors (Lipinski definition) is 1. The third-order valence-electron chi connectivity index (χ3n) is 4.21. The van der Waals surface area contributed by atoms with Gasteiger partial charge in [0.1, 0.15) is 17.3 Å². The average molecular weight is 372 g/mol. The molecule has 2 amide bonds. The minimum Gasteiger partial charge on any atom is -0.337 e. The van der Waals surface area contributed by atoms with E-state index in [0.29, 0.717) is 18.6 Å². The fourth-order valence-electron chi connectivity index (χ4n) is 2.80. The van der Waals surface area contributed by atoms with E-state index in [9.17, 15) is 18.4 Å². The van der Waals surface area contributed by atoms with Crippen molar-refractivity contribution in [3.8, 4) is 0 Å². The quantitative estimate of drug-likeness (QED) is 0.747. The van der Waals surface area contributed by atoms with Crippen LogP contribution in [0.15, 0.2) is 42.6 Å². The molecule has 0 bridgehead atoms. The summed E-state index contributed by atoms with van der Waals surface area (Å²) in [6.45, 7) is 4.65. The Balaban J connectivity index is 2.05. The van der Waals surface area contributed by atoms with Gasteiger partial charge < -0.3 is 10.2 Å². The van der Waals surface area contributed by atoms with E-state index in [0.717, 1.165) is 12.1 Å². The number of rotatable bonds is 5. The van der Waals surface area contributed by atoms with E-state index >= 15 is 0 Å². The zero-order valence-electron chi connectivity index (χ0n) is 14.9. The fraction of sp³-hybridized carbons (Fsp3) is 0.211. The van der Waals surface area contributed by atoms with Crippen LogP contribution in [0.1, 0.15) is 35.0 Å². The molecule has 0 aliphatic heterocycles. The van der Waals surface area contributed by atoms with Gasteiger partial charge in [0.15, 0.2) is 5.69 Å². The van der Waals surface area contributed by atoms with E-state index in [1.807, 2.05) is 13.8 Å². The summed E-state index contributed by atoms with van der Waals surface area (Å²) in [6.07, 6.45) is 1.61. The van der Waals surface area contributed by atoms with E-state index < -0.39 is 23.2 Å². The van der Waals surface area contributed by atoms with Crippen molar-refractivity contribution in [2.45, 2.75) is 13.8 Å². The maximum atomic E-state index is 13.8. The van der Waals surface area contributed by atoms with Gasteiger partial charge in [-0.05, 0) is 38.1 Å². The molecule has 0 radical (unpaired) electrons. The molecule has 27 heavy (non-hydrogen) atoms. The van der Waals surface area contributed by atoms with Crippen molar-refractivity contribution in [1.82, 2.24) is 14.3 Å². The SMILES string of the molecule is CCN(CC)C(=O)c1nc(C(=O)Nc2c(F)cccc2F)c2ccccn12. The summed E-state index contributed by atoms with van der Waals surface area (Å²) in [5.74, 6) is -2.87. The Labute approximate surface area is 154 Å². The highest BCUT2D eigenvalue weighted by molar-refractivity contribution is 6.09. The predicted octanol–water partition coefficient (Wildman–Crippen LogP) is 3.35. The Morgan fingerprint density at radius 3 is 2.37 bits per heavy atom. The first-order chi connectivity index (χ1) is 13.0. The van der Waals surface area contributed by atoms with Gasteiger partial charge in [-0.25, -0.2) is 13.8 Å². The molecule has 3 aromatic rings. The van der Waals surface area contributed by atoms with Crippen molar-refractivity contribution in [1.29, 1.82) is 0 Å². The number of benzene rings is 1. The minimum absolute atomic E-state index is 0.0634. The van der Waals surface area contributed by atoms with Crippen LogP contribution in [0, 0.1) is 11.6 Å². The van der Waals surface area contributed by atoms with E-state index in [1.54, 1.807) is 29.3 Å². The molecule has 0 aliphatic rings. The molecule has 0 unspecified atom stereocenters. The van der Waals surface area contributed by atoms with Gasteiger partial charge in [0.2, 0.25) is 5.82 Å². The lowest BCUT2D eigenvalue weighted by molar-refractivity contribution is 0.0760. The number of pyridine rings is 1. The minimum atomic E-state index is -0.897. The highest BCUT2D eigenvalue weighted by atomic mass is 19.1. The average Bonchev–Trinajstić information content (AvgIpc) is 3.05. The number of nitrogens with zero attached hydrogens (tertiary/aromatic N) is 3. The van der Waals surface area contributed by atoms with Crippen molar-refractivity contribution >= 4 is 23.0 Å². The second kappa shape index (κ2) is 7.53. The summed E-state index contributed by atoms with van der Waals surface area (Å²) in [5.41, 5.74) is -0.285. The summed E-state index contributed by atoms with van der Waals surface area (Å²) in [7, 11) is 0. The standard InChI is InChI=1S/C19H18F2N4O2/c1-3-24(4-2)19(27)17-22-16(14-10-5-6-11-25(14)17)18(26)23-15-12(20)8-7-9-13(15)21/h5-11H,3-4H2,1-2H3,(H,23,26). The molecule has 2 heterocycles. The maximum Gasteiger partial charge on any atom is 0.290 e. The van der Waals surface area contributed by atoms with Crippen LogP contribution in [-0.2, 0) is 0 Å². The molecule has 2 aromatic heterocycles. The number of aromatic nitrogens is 2. The molecule has 0 fully saturated rings. The lowest BCUT2D eigenvalue weighted by Gasteiger charge is -2.17. The Hall–Kier alpha value is -3.29. The van der Waals surface area contributed by atoms with Crippen LogP contribution in [0.4, 0.5) is 14.5 Å². The van der Waals surface area contributed by atoms with Gasteiger partial charge in [0, 0.05) is 19.3 Å². The normalized spacial score (nSPS) is 10.8. The smallest absolute Gasteiger partial charge is 0.290 e. The zero-order chi connectivity index (χ0) is 19.6. The first-order valence-electron chi connectivity index (χ1n) is 8.49. The Morgan fingerprint density at radius 2 is 1.74 bits per heavy atom. The highest BCUT2D eigenvalue weighted by Crippen LogP contribution is 2.21. The second-order valence-electron chi connectivity index (χ2n) is 5.77. The van der Waals surface area contributed by atoms with Gasteiger partial charge in [-0.2, -0.15) is 0 Å². The number of carbonyl (C=O) groups excluding carboxylic acids is 2. The van der Waals surface area contributed by atoms with Crippen LogP contribution in [0.3, 0.4) is 0 Å². The maximum absolute atomic E-state index is 13.8. The van der Waals surface area contributed by atoms with Gasteiger partial charge in [0.05, 0.1) is 5.52 Å². The Kier molecular flexibility index (Phi) is 5.16. The molecule has 0 spiro atoms. The number of halogens is 2. The number of hydrogen-bond acceptors (Lipinski definition) is 3. The van der Waals surface area contributed by atoms with Crippen molar-refractivity contribution < 1.29 is 18.4 Å². The molecule has 1 N–H and O–H groups in total. The molecule has 1 aromatic carbocycles. The van der Waals surface area contributed by atoms with Gasteiger partial charge in [-0.3, -0.25) is 14.0 Å². The molecule has 0 atom stereocenters. The zero-order valence-corrected chi connectivity index (χ0v) is 14.9. The lowest BCUT2D eigenvalue weighted by Crippen LogP contribution is -2.32. The molecular weight excluding hydrogens is 354 g/mol. The summed E-state index contributed by atoms with van der Waals surface area (Å²) in [5, 5.41) is 2.21. The first kappa shape index (κ1) is 18.5. The lowest BCUT2D eigenvalue weighted by atomic mass is 10.2. The molecule has 140 valence electrons. The number of nitrogens with one attached hydrogen (secondary N) is 1. The van der Waals surface area contributed by atoms with Crippen molar-refractivity contribution in [3.05, 3.63) is 65.7 Å². The van der Waals surface area contributed by atoms with Crippen molar-refractivity contribution in [2.75, 3.05) is 18.4 Å². The predicted molar refractivity (Wildman–Crippen MR) is 96.8 cm³/mol. The summed E-state index contributed by atoms with van der Waals surface area (Å²) >= 11 is 0. The molecule has 8 heteroatoms. The Morgan fingerprint density at radius 1 is 1.07 bits per heavy atom. The van der Waals surface area contributed by atoms with Crippen molar-refractivity contribution in [3.63, 3.8) is 0 Å². The van der Waals surface area contributed by atoms with Crippen LogP contribution in [0.25, 0.3) is 5.52 Å². The van der Waals surface area contributed by atoms with Crippen LogP contribution >= 0.6 is 0 Å². The molecule has 0 aliphatic carbocycles. The van der Waals surface area contributed by atoms with E-state index in [-0.39, 0.29) is 17.4 Å². The van der Waals surface area contributed by atoms with Crippen molar-refractivity contribution in [2.24, 2.45) is 0 Å². The van der Waals surface area contributed by atoms with Gasteiger partial charge in [-0.15, -0.1) is 0 Å². The fourth-order valence-corrected chi connectivity index (χ4v) is 2.80. The highest BCUT2D eigenvalue weighted by Gasteiger charge is 2.25. The summed E-state index contributed by atoms with van der Waals surface area (Å²) in [6, 6.07) is 8.28. The molecule has 0 saturated carbocycles. The number of fused-ring (bicyclic) bond motifs is 1. The number of amides is 2. The third-order valence-corrected chi connectivity index (χ3v) is 4.21. The third kappa shape index (κ3) is 3.38. The van der Waals surface area contributed by atoms with Gasteiger partial charge >= 0.3 is 0 Å².